The molecule has 0 saturated carbocycles. The first-order chi connectivity index (χ1) is 11.0. The van der Waals surface area contributed by atoms with Crippen LogP contribution >= 0.6 is 0 Å². The fraction of sp³-hybridized carbons (Fsp3) is 0.529. The highest BCUT2D eigenvalue weighted by Crippen LogP contribution is 2.14. The lowest BCUT2D eigenvalue weighted by Crippen LogP contribution is -2.90. The van der Waals surface area contributed by atoms with Gasteiger partial charge in [0.15, 0.2) is 5.97 Å². The monoisotopic (exact) mass is 355 g/mol. The lowest BCUT2D eigenvalue weighted by atomic mass is 10.0. The largest absolute Gasteiger partial charge is 0.539 e. The number of hydrogen-bond donors (Lipinski definition) is 3. The zero-order chi connectivity index (χ0) is 18.8. The molecular formula is C17H29NO5Si. The van der Waals surface area contributed by atoms with E-state index in [0.29, 0.717) is 0 Å². The van der Waals surface area contributed by atoms with Gasteiger partial charge in [-0.2, -0.15) is 0 Å². The van der Waals surface area contributed by atoms with Gasteiger partial charge in [-0.3, -0.25) is 0 Å². The second kappa shape index (κ2) is 11.0. The molecule has 1 rings (SSSR count). The molecule has 0 bridgehead atoms. The molecule has 0 spiro atoms. The summed E-state index contributed by atoms with van der Waals surface area (Å²) in [5.41, 5.74) is 1.02. The second-order valence-corrected chi connectivity index (χ2v) is 12.6. The normalized spacial score (nSPS) is 13.4. The number of aliphatic hydroxyl groups excluding tert-OH is 1. The number of carbonyl (C=O) groups excluding carboxylic acids is 1. The molecule has 6 nitrogen and oxygen atoms in total. The van der Waals surface area contributed by atoms with E-state index in [1.54, 1.807) is 0 Å². The van der Waals surface area contributed by atoms with Crippen molar-refractivity contribution in [1.82, 2.24) is 0 Å². The van der Waals surface area contributed by atoms with Crippen LogP contribution in [0.15, 0.2) is 30.3 Å². The van der Waals surface area contributed by atoms with E-state index in [0.717, 1.165) is 12.1 Å². The van der Waals surface area contributed by atoms with E-state index in [9.17, 15) is 5.11 Å². The Balaban J connectivity index is 0.000000754. The molecule has 1 aromatic carbocycles. The first-order valence-corrected chi connectivity index (χ1v) is 11.8. The van der Waals surface area contributed by atoms with Gasteiger partial charge in [-0.25, -0.2) is 4.79 Å². The average molecular weight is 356 g/mol. The Kier molecular flexibility index (Phi) is 10.2. The fourth-order valence-corrected chi connectivity index (χ4v) is 3.36. The van der Waals surface area contributed by atoms with Crippen molar-refractivity contribution in [3.63, 3.8) is 0 Å². The molecule has 0 amide bonds. The van der Waals surface area contributed by atoms with Gasteiger partial charge in [-0.1, -0.05) is 56.0 Å². The summed E-state index contributed by atoms with van der Waals surface area (Å²) in [5.74, 6) is -4.01. The van der Waals surface area contributed by atoms with Crippen molar-refractivity contribution in [3.05, 3.63) is 35.9 Å². The van der Waals surface area contributed by atoms with Crippen molar-refractivity contribution < 1.29 is 30.2 Å². The molecule has 0 radical (unpaired) electrons. The van der Waals surface area contributed by atoms with E-state index in [4.69, 9.17) is 19.8 Å². The molecule has 0 aliphatic rings. The number of carboxylic acid groups (broad SMARTS) is 2. The molecule has 0 saturated heterocycles. The van der Waals surface area contributed by atoms with E-state index in [1.165, 1.54) is 12.5 Å². The van der Waals surface area contributed by atoms with Gasteiger partial charge in [0.1, 0.15) is 12.1 Å². The van der Waals surface area contributed by atoms with Crippen molar-refractivity contribution in [3.8, 4) is 0 Å². The molecule has 0 aliphatic heterocycles. The van der Waals surface area contributed by atoms with Crippen molar-refractivity contribution in [2.75, 3.05) is 6.54 Å². The number of carbonyl (C=O) groups is 2. The van der Waals surface area contributed by atoms with E-state index in [-0.39, 0.29) is 12.1 Å². The minimum Gasteiger partial charge on any atom is -0.539 e. The zero-order valence-electron chi connectivity index (χ0n) is 14.9. The Hall–Kier alpha value is -1.70. The summed E-state index contributed by atoms with van der Waals surface area (Å²) in [7, 11) is -0.903. The molecule has 0 heterocycles. The predicted molar refractivity (Wildman–Crippen MR) is 93.1 cm³/mol. The number of aliphatic carboxylic acids is 2. The molecule has 2 unspecified atom stereocenters. The van der Waals surface area contributed by atoms with Crippen LogP contribution in [0.5, 0.6) is 0 Å². The first kappa shape index (κ1) is 22.3. The maximum Gasteiger partial charge on any atom is 0.351 e. The van der Waals surface area contributed by atoms with Crippen LogP contribution in [-0.4, -0.2) is 42.8 Å². The molecule has 24 heavy (non-hydrogen) atoms. The predicted octanol–water partition coefficient (Wildman–Crippen LogP) is 0.221. The first-order valence-electron chi connectivity index (χ1n) is 8.05. The van der Waals surface area contributed by atoms with Gasteiger partial charge in [0, 0.05) is 8.07 Å². The van der Waals surface area contributed by atoms with Crippen LogP contribution in [0.4, 0.5) is 0 Å². The lowest BCUT2D eigenvalue weighted by molar-refractivity contribution is -0.694. The van der Waals surface area contributed by atoms with Gasteiger partial charge in [0.25, 0.3) is 0 Å². The molecule has 7 heteroatoms. The summed E-state index contributed by atoms with van der Waals surface area (Å²) < 4.78 is 0. The third kappa shape index (κ3) is 10.9. The number of carboxylic acids is 2. The van der Waals surface area contributed by atoms with E-state index >= 15 is 0 Å². The molecule has 2 atom stereocenters. The smallest absolute Gasteiger partial charge is 0.351 e. The highest BCUT2D eigenvalue weighted by molar-refractivity contribution is 6.76. The number of benzene rings is 1. The Bertz CT molecular complexity index is 489. The molecule has 0 aliphatic carbocycles. The fourth-order valence-electron chi connectivity index (χ4n) is 2.10. The maximum absolute atomic E-state index is 10.2. The van der Waals surface area contributed by atoms with Gasteiger partial charge in [0.05, 0.1) is 6.54 Å². The quantitative estimate of drug-likeness (QED) is 0.368. The zero-order valence-corrected chi connectivity index (χ0v) is 15.9. The van der Waals surface area contributed by atoms with Crippen LogP contribution in [0.3, 0.4) is 0 Å². The topological polar surface area (TPSA) is 114 Å². The van der Waals surface area contributed by atoms with E-state index < -0.39 is 20.0 Å². The van der Waals surface area contributed by atoms with Crippen molar-refractivity contribution in [2.45, 2.75) is 51.2 Å². The van der Waals surface area contributed by atoms with Crippen LogP contribution in [0, 0.1) is 0 Å². The summed E-state index contributed by atoms with van der Waals surface area (Å²) in [5, 5.41) is 28.8. The van der Waals surface area contributed by atoms with Crippen LogP contribution < -0.4 is 10.4 Å². The van der Waals surface area contributed by atoms with Gasteiger partial charge in [-0.05, 0) is 18.9 Å². The Morgan fingerprint density at radius 1 is 1.21 bits per heavy atom. The molecule has 1 aromatic rings. The maximum atomic E-state index is 10.2. The molecule has 136 valence electrons. The Labute approximate surface area is 144 Å². The minimum absolute atomic E-state index is 0.231. The van der Waals surface area contributed by atoms with Crippen LogP contribution in [0.2, 0.25) is 25.7 Å². The van der Waals surface area contributed by atoms with Crippen molar-refractivity contribution in [1.29, 1.82) is 0 Å². The summed E-state index contributed by atoms with van der Waals surface area (Å²) in [6.07, 6.45) is 0.903. The van der Waals surface area contributed by atoms with Crippen LogP contribution in [-0.2, 0) is 9.59 Å². The average Bonchev–Trinajstić information content (AvgIpc) is 2.51. The summed E-state index contributed by atoms with van der Waals surface area (Å²) in [6.45, 7) is 10.5. The van der Waals surface area contributed by atoms with Crippen molar-refractivity contribution in [2.24, 2.45) is 0 Å². The third-order valence-corrected chi connectivity index (χ3v) is 5.34. The van der Waals surface area contributed by atoms with E-state index in [2.05, 4.69) is 31.9 Å². The van der Waals surface area contributed by atoms with Gasteiger partial charge in [0.2, 0.25) is 0 Å². The minimum atomic E-state index is -2.07. The summed E-state index contributed by atoms with van der Waals surface area (Å²) >= 11 is 0. The van der Waals surface area contributed by atoms with Gasteiger partial charge >= 0.3 is 5.97 Å². The Morgan fingerprint density at radius 2 is 1.71 bits per heavy atom. The second-order valence-electron chi connectivity index (χ2n) is 7.00. The van der Waals surface area contributed by atoms with Crippen molar-refractivity contribution >= 4 is 20.0 Å². The van der Waals surface area contributed by atoms with Gasteiger partial charge < -0.3 is 25.4 Å². The number of aliphatic hydroxyl groups is 1. The molecule has 0 aromatic heterocycles. The number of quaternary nitrogens is 1. The Morgan fingerprint density at radius 3 is 2.12 bits per heavy atom. The van der Waals surface area contributed by atoms with Gasteiger partial charge in [-0.15, -0.1) is 0 Å². The van der Waals surface area contributed by atoms with E-state index in [1.807, 2.05) is 30.3 Å². The number of hydrogen-bond acceptors (Lipinski definition) is 4. The summed E-state index contributed by atoms with van der Waals surface area (Å²) in [6, 6.07) is 11.5. The molecular weight excluding hydrogens is 326 g/mol. The SMILES string of the molecule is CC([NH2+]CCC[Si](C)(C)C)C(O)c1ccccc1.O=C([O-])C(=O)O. The summed E-state index contributed by atoms with van der Waals surface area (Å²) in [4.78, 5) is 18.0. The highest BCUT2D eigenvalue weighted by Gasteiger charge is 2.19. The highest BCUT2D eigenvalue weighted by atomic mass is 28.3. The lowest BCUT2D eigenvalue weighted by Gasteiger charge is -2.19. The van der Waals surface area contributed by atoms with Crippen LogP contribution in [0.25, 0.3) is 0 Å². The van der Waals surface area contributed by atoms with Crippen LogP contribution in [0.1, 0.15) is 25.0 Å². The number of nitrogens with two attached hydrogens (primary N) is 1. The number of rotatable bonds is 7. The third-order valence-electron chi connectivity index (χ3n) is 3.48. The molecule has 0 fully saturated rings. The molecule has 4 N–H and O–H groups in total. The standard InChI is InChI=1S/C15H27NOSi.C2H2O4/c1-13(16-11-8-12-18(2,3)4)15(17)14-9-6-5-7-10-14;3-1(4)2(5)6/h5-7,9-10,13,15-17H,8,11-12H2,1-4H3;(H,3,4)(H,5,6).